The highest BCUT2D eigenvalue weighted by Crippen LogP contribution is 2.36. The van der Waals surface area contributed by atoms with Crippen molar-refractivity contribution in [3.05, 3.63) is 71.8 Å². The molecule has 28 heavy (non-hydrogen) atoms. The number of methoxy groups -OCH3 is 1. The van der Waals surface area contributed by atoms with E-state index in [0.29, 0.717) is 5.56 Å². The van der Waals surface area contributed by atoms with Crippen molar-refractivity contribution in [3.63, 3.8) is 0 Å². The number of ether oxygens (including phenoxy) is 3. The van der Waals surface area contributed by atoms with Crippen molar-refractivity contribution in [2.75, 3.05) is 7.11 Å². The molecule has 1 fully saturated rings. The fraction of sp³-hybridized carbons (Fsp3) is 0.318. The summed E-state index contributed by atoms with van der Waals surface area (Å²) < 4.78 is 15.7. The summed E-state index contributed by atoms with van der Waals surface area (Å²) in [7, 11) is 1.28. The lowest BCUT2D eigenvalue weighted by Gasteiger charge is -2.15. The lowest BCUT2D eigenvalue weighted by atomic mass is 9.96. The summed E-state index contributed by atoms with van der Waals surface area (Å²) in [6, 6.07) is 17.9. The Labute approximate surface area is 163 Å². The minimum atomic E-state index is -0.704. The van der Waals surface area contributed by atoms with Crippen LogP contribution in [0, 0.1) is 11.8 Å². The fourth-order valence-electron chi connectivity index (χ4n) is 3.39. The van der Waals surface area contributed by atoms with Crippen LogP contribution in [0.3, 0.4) is 0 Å². The van der Waals surface area contributed by atoms with Gasteiger partial charge in [0.15, 0.2) is 0 Å². The zero-order chi connectivity index (χ0) is 19.9. The minimum Gasteiger partial charge on any atom is -0.469 e. The minimum absolute atomic E-state index is 0.124. The molecule has 0 saturated heterocycles. The van der Waals surface area contributed by atoms with Crippen LogP contribution in [0.2, 0.25) is 0 Å². The first-order chi connectivity index (χ1) is 13.6. The zero-order valence-electron chi connectivity index (χ0n) is 15.6. The van der Waals surface area contributed by atoms with Crippen LogP contribution in [-0.4, -0.2) is 31.1 Å². The Hall–Kier alpha value is -3.15. The summed E-state index contributed by atoms with van der Waals surface area (Å²) in [4.78, 5) is 37.0. The lowest BCUT2D eigenvalue weighted by molar-refractivity contribution is -0.158. The van der Waals surface area contributed by atoms with Gasteiger partial charge in [-0.2, -0.15) is 0 Å². The second-order valence-corrected chi connectivity index (χ2v) is 6.69. The van der Waals surface area contributed by atoms with Gasteiger partial charge in [0.05, 0.1) is 24.5 Å². The van der Waals surface area contributed by atoms with E-state index in [4.69, 9.17) is 14.2 Å². The van der Waals surface area contributed by atoms with Crippen LogP contribution in [-0.2, 0) is 30.4 Å². The summed E-state index contributed by atoms with van der Waals surface area (Å²) in [5.41, 5.74) is 1.28. The Morgan fingerprint density at radius 2 is 1.43 bits per heavy atom. The second kappa shape index (κ2) is 9.17. The Morgan fingerprint density at radius 1 is 0.857 bits per heavy atom. The van der Waals surface area contributed by atoms with E-state index < -0.39 is 35.8 Å². The molecule has 6 nitrogen and oxygen atoms in total. The number of benzene rings is 2. The van der Waals surface area contributed by atoms with Crippen molar-refractivity contribution in [1.29, 1.82) is 0 Å². The number of carbonyl (C=O) groups is 3. The van der Waals surface area contributed by atoms with E-state index in [2.05, 4.69) is 0 Å². The monoisotopic (exact) mass is 382 g/mol. The largest absolute Gasteiger partial charge is 0.469 e. The number of rotatable bonds is 6. The third-order valence-electron chi connectivity index (χ3n) is 4.83. The van der Waals surface area contributed by atoms with Crippen LogP contribution in [0.1, 0.15) is 28.8 Å². The third-order valence-corrected chi connectivity index (χ3v) is 4.83. The van der Waals surface area contributed by atoms with Crippen molar-refractivity contribution in [1.82, 2.24) is 0 Å². The molecule has 146 valence electrons. The van der Waals surface area contributed by atoms with Gasteiger partial charge in [0.2, 0.25) is 0 Å². The van der Waals surface area contributed by atoms with Crippen molar-refractivity contribution in [2.45, 2.75) is 25.6 Å². The van der Waals surface area contributed by atoms with Gasteiger partial charge < -0.3 is 14.2 Å². The molecule has 2 aromatic rings. The van der Waals surface area contributed by atoms with Gasteiger partial charge in [-0.1, -0.05) is 48.5 Å². The summed E-state index contributed by atoms with van der Waals surface area (Å²) in [6.07, 6.45) is -0.0893. The molecule has 1 aliphatic rings. The maximum Gasteiger partial charge on any atom is 0.338 e. The highest BCUT2D eigenvalue weighted by molar-refractivity contribution is 5.89. The van der Waals surface area contributed by atoms with E-state index in [1.807, 2.05) is 30.3 Å². The van der Waals surface area contributed by atoms with Crippen LogP contribution in [0.25, 0.3) is 0 Å². The highest BCUT2D eigenvalue weighted by atomic mass is 16.6. The van der Waals surface area contributed by atoms with E-state index in [0.717, 1.165) is 5.56 Å². The first-order valence-corrected chi connectivity index (χ1v) is 9.13. The van der Waals surface area contributed by atoms with Crippen LogP contribution in [0.4, 0.5) is 0 Å². The molecule has 1 aliphatic carbocycles. The SMILES string of the molecule is COC(=O)C1C[C@H](OC(=O)c2ccccc2)C[C@H]1C(=O)OCc1ccccc1. The molecule has 1 unspecified atom stereocenters. The average molecular weight is 382 g/mol. The maximum atomic E-state index is 12.6. The van der Waals surface area contributed by atoms with Gasteiger partial charge >= 0.3 is 17.9 Å². The molecular weight excluding hydrogens is 360 g/mol. The number of hydrogen-bond acceptors (Lipinski definition) is 6. The smallest absolute Gasteiger partial charge is 0.338 e. The number of hydrogen-bond donors (Lipinski definition) is 0. The summed E-state index contributed by atoms with van der Waals surface area (Å²) in [6.45, 7) is 0.124. The van der Waals surface area contributed by atoms with Gasteiger partial charge in [0, 0.05) is 0 Å². The molecule has 0 heterocycles. The molecule has 0 aliphatic heterocycles. The Bertz CT molecular complexity index is 817. The van der Waals surface area contributed by atoms with Crippen molar-refractivity contribution in [2.24, 2.45) is 11.8 Å². The molecule has 1 saturated carbocycles. The average Bonchev–Trinajstić information content (AvgIpc) is 3.16. The molecule has 3 atom stereocenters. The maximum absolute atomic E-state index is 12.6. The molecule has 0 bridgehead atoms. The van der Waals surface area contributed by atoms with Crippen molar-refractivity contribution in [3.8, 4) is 0 Å². The van der Waals surface area contributed by atoms with Gasteiger partial charge in [0.1, 0.15) is 12.7 Å². The topological polar surface area (TPSA) is 78.9 Å². The second-order valence-electron chi connectivity index (χ2n) is 6.69. The van der Waals surface area contributed by atoms with Gasteiger partial charge in [-0.15, -0.1) is 0 Å². The lowest BCUT2D eigenvalue weighted by Crippen LogP contribution is -2.27. The van der Waals surface area contributed by atoms with Gasteiger partial charge in [-0.05, 0) is 30.5 Å². The predicted molar refractivity (Wildman–Crippen MR) is 100 cm³/mol. The molecule has 0 spiro atoms. The summed E-state index contributed by atoms with van der Waals surface area (Å²) in [5.74, 6) is -2.86. The fourth-order valence-corrected chi connectivity index (χ4v) is 3.39. The standard InChI is InChI=1S/C22H22O6/c1-26-21(24)18-12-17(28-20(23)16-10-6-3-7-11-16)13-19(18)22(25)27-14-15-8-4-2-5-9-15/h2-11,17-19H,12-14H2,1H3/t17-,18?,19+/m0/s1. The molecule has 0 aromatic heterocycles. The van der Waals surface area contributed by atoms with E-state index in [-0.39, 0.29) is 19.4 Å². The molecule has 6 heteroatoms. The van der Waals surface area contributed by atoms with Crippen molar-refractivity contribution >= 4 is 17.9 Å². The van der Waals surface area contributed by atoms with E-state index >= 15 is 0 Å². The molecule has 0 N–H and O–H groups in total. The molecular formula is C22H22O6. The van der Waals surface area contributed by atoms with E-state index in [1.54, 1.807) is 30.3 Å². The quantitative estimate of drug-likeness (QED) is 0.564. The molecule has 0 amide bonds. The van der Waals surface area contributed by atoms with Gasteiger partial charge in [0.25, 0.3) is 0 Å². The van der Waals surface area contributed by atoms with Crippen molar-refractivity contribution < 1.29 is 28.6 Å². The summed E-state index contributed by atoms with van der Waals surface area (Å²) in [5, 5.41) is 0. The molecule has 3 rings (SSSR count). The van der Waals surface area contributed by atoms with Crippen LogP contribution >= 0.6 is 0 Å². The first kappa shape index (κ1) is 19.6. The Morgan fingerprint density at radius 3 is 2.04 bits per heavy atom. The Balaban J connectivity index is 1.64. The zero-order valence-corrected chi connectivity index (χ0v) is 15.6. The van der Waals surface area contributed by atoms with Gasteiger partial charge in [-0.25, -0.2) is 4.79 Å². The third kappa shape index (κ3) is 4.76. The Kier molecular flexibility index (Phi) is 6.42. The first-order valence-electron chi connectivity index (χ1n) is 9.13. The van der Waals surface area contributed by atoms with Gasteiger partial charge in [-0.3, -0.25) is 9.59 Å². The normalized spacial score (nSPS) is 21.0. The molecule has 2 aromatic carbocycles. The summed E-state index contributed by atoms with van der Waals surface area (Å²) >= 11 is 0. The highest BCUT2D eigenvalue weighted by Gasteiger charge is 2.46. The predicted octanol–water partition coefficient (Wildman–Crippen LogP) is 3.15. The van der Waals surface area contributed by atoms with Crippen LogP contribution in [0.5, 0.6) is 0 Å². The van der Waals surface area contributed by atoms with Crippen LogP contribution < -0.4 is 0 Å². The number of esters is 3. The van der Waals surface area contributed by atoms with E-state index in [9.17, 15) is 14.4 Å². The van der Waals surface area contributed by atoms with Crippen LogP contribution in [0.15, 0.2) is 60.7 Å². The number of carbonyl (C=O) groups excluding carboxylic acids is 3. The van der Waals surface area contributed by atoms with E-state index in [1.165, 1.54) is 7.11 Å². The molecule has 0 radical (unpaired) electrons.